The molecule has 7 rings (SSSR count). The van der Waals surface area contributed by atoms with E-state index in [0.717, 1.165) is 31.6 Å². The van der Waals surface area contributed by atoms with Crippen molar-refractivity contribution in [2.24, 2.45) is 0 Å². The molecule has 10 nitrogen and oxygen atoms in total. The van der Waals surface area contributed by atoms with Crippen molar-refractivity contribution in [1.82, 2.24) is 34.8 Å². The van der Waals surface area contributed by atoms with Gasteiger partial charge in [-0.3, -0.25) is 19.2 Å². The lowest BCUT2D eigenvalue weighted by Crippen LogP contribution is -2.53. The number of aromatic nitrogens is 5. The lowest BCUT2D eigenvalue weighted by molar-refractivity contribution is -0.123. The lowest BCUT2D eigenvalue weighted by Gasteiger charge is -2.34. The first kappa shape index (κ1) is 22.0. The molecule has 3 atom stereocenters. The SMILES string of the molecule is O=C(N[C@@H]1CCCN(C2CC2)C1)[C@@H]1C[C@@H](F)CN1c1nc(Nc2cc(C3CC3)[nH]n2)n2cccc2n1. The number of halogens is 1. The molecule has 0 radical (unpaired) electrons. The Balaban J connectivity index is 1.12. The van der Waals surface area contributed by atoms with Gasteiger partial charge in [-0.15, -0.1) is 0 Å². The maximum absolute atomic E-state index is 14.7. The predicted octanol–water partition coefficient (Wildman–Crippen LogP) is 2.73. The van der Waals surface area contributed by atoms with Gasteiger partial charge in [0, 0.05) is 48.9 Å². The molecule has 2 aliphatic heterocycles. The van der Waals surface area contributed by atoms with Gasteiger partial charge in [0.15, 0.2) is 5.82 Å². The van der Waals surface area contributed by atoms with Gasteiger partial charge in [-0.2, -0.15) is 15.1 Å². The van der Waals surface area contributed by atoms with Crippen molar-refractivity contribution in [1.29, 1.82) is 0 Å². The van der Waals surface area contributed by atoms with Crippen LogP contribution < -0.4 is 15.5 Å². The minimum atomic E-state index is -1.11. The second kappa shape index (κ2) is 8.72. The summed E-state index contributed by atoms with van der Waals surface area (Å²) in [6.07, 6.45) is 7.85. The van der Waals surface area contributed by atoms with Crippen molar-refractivity contribution in [3.05, 3.63) is 30.1 Å². The molecule has 0 spiro atoms. The molecule has 3 aromatic heterocycles. The van der Waals surface area contributed by atoms with Gasteiger partial charge in [0.25, 0.3) is 0 Å². The van der Waals surface area contributed by atoms with E-state index in [9.17, 15) is 9.18 Å². The van der Waals surface area contributed by atoms with Crippen molar-refractivity contribution in [2.45, 2.75) is 75.2 Å². The molecule has 4 fully saturated rings. The first-order valence-corrected chi connectivity index (χ1v) is 13.2. The van der Waals surface area contributed by atoms with E-state index in [0.29, 0.717) is 35.3 Å². The number of nitrogens with one attached hydrogen (secondary N) is 3. The molecular weight excluding hydrogens is 461 g/mol. The zero-order valence-corrected chi connectivity index (χ0v) is 20.2. The third-order valence-electron chi connectivity index (χ3n) is 7.90. The van der Waals surface area contributed by atoms with Crippen LogP contribution in [0.15, 0.2) is 24.4 Å². The number of aromatic amines is 1. The normalized spacial score (nSPS) is 27.0. The van der Waals surface area contributed by atoms with E-state index < -0.39 is 12.2 Å². The van der Waals surface area contributed by atoms with Gasteiger partial charge in [0.1, 0.15) is 17.9 Å². The largest absolute Gasteiger partial charge is 0.350 e. The van der Waals surface area contributed by atoms with Gasteiger partial charge in [0.2, 0.25) is 17.8 Å². The number of piperidine rings is 1. The van der Waals surface area contributed by atoms with Crippen LogP contribution in [0, 0.1) is 0 Å². The molecule has 36 heavy (non-hydrogen) atoms. The molecule has 2 aliphatic carbocycles. The highest BCUT2D eigenvalue weighted by atomic mass is 19.1. The number of anilines is 3. The summed E-state index contributed by atoms with van der Waals surface area (Å²) >= 11 is 0. The standard InChI is InChI=1S/C25H32FN9O/c26-16-11-20(23(36)27-17-3-1-9-33(14-17)18-7-8-18)35(13-16)25-29-22-4-2-10-34(22)24(30-25)28-21-12-19(31-32-21)15-5-6-15/h2,4,10,12,15-18,20H,1,3,5-9,11,13-14H2,(H,27,36)(H2,28,29,30,31,32)/t16-,17-,20+/m1/s1. The van der Waals surface area contributed by atoms with Crippen molar-refractivity contribution >= 4 is 29.3 Å². The highest BCUT2D eigenvalue weighted by molar-refractivity contribution is 5.86. The number of amides is 1. The number of alkyl halides is 1. The van der Waals surface area contributed by atoms with Crippen LogP contribution in [-0.2, 0) is 4.79 Å². The zero-order chi connectivity index (χ0) is 24.2. The molecule has 4 aliphatic rings. The third kappa shape index (κ3) is 4.29. The van der Waals surface area contributed by atoms with Gasteiger partial charge >= 0.3 is 0 Å². The van der Waals surface area contributed by atoms with Gasteiger partial charge in [-0.1, -0.05) is 0 Å². The number of hydrogen-bond acceptors (Lipinski definition) is 7. The van der Waals surface area contributed by atoms with Crippen LogP contribution in [0.4, 0.5) is 22.1 Å². The molecule has 5 heterocycles. The summed E-state index contributed by atoms with van der Waals surface area (Å²) in [4.78, 5) is 27.0. The first-order chi connectivity index (χ1) is 17.6. The molecule has 3 N–H and O–H groups in total. The number of nitrogens with zero attached hydrogens (tertiary/aromatic N) is 6. The van der Waals surface area contributed by atoms with Gasteiger partial charge < -0.3 is 15.5 Å². The van der Waals surface area contributed by atoms with Gasteiger partial charge in [-0.05, 0) is 57.2 Å². The number of fused-ring (bicyclic) bond motifs is 1. The quantitative estimate of drug-likeness (QED) is 0.465. The summed E-state index contributed by atoms with van der Waals surface area (Å²) in [5.74, 6) is 1.99. The van der Waals surface area contributed by atoms with E-state index in [1.807, 2.05) is 28.8 Å². The fourth-order valence-corrected chi connectivity index (χ4v) is 5.70. The number of H-pyrrole nitrogens is 1. The van der Waals surface area contributed by atoms with Gasteiger partial charge in [0.05, 0.1) is 6.54 Å². The van der Waals surface area contributed by atoms with Crippen LogP contribution in [-0.4, -0.2) is 79.3 Å². The van der Waals surface area contributed by atoms with Crippen LogP contribution in [0.5, 0.6) is 0 Å². The predicted molar refractivity (Wildman–Crippen MR) is 133 cm³/mol. The molecule has 3 aromatic rings. The van der Waals surface area contributed by atoms with Crippen molar-refractivity contribution in [3.8, 4) is 0 Å². The van der Waals surface area contributed by atoms with Crippen LogP contribution in [0.3, 0.4) is 0 Å². The van der Waals surface area contributed by atoms with Crippen LogP contribution in [0.25, 0.3) is 5.65 Å². The zero-order valence-electron chi connectivity index (χ0n) is 20.2. The summed E-state index contributed by atoms with van der Waals surface area (Å²) in [6.45, 7) is 2.09. The molecular formula is C25H32FN9O. The highest BCUT2D eigenvalue weighted by Gasteiger charge is 2.40. The summed E-state index contributed by atoms with van der Waals surface area (Å²) in [5.41, 5.74) is 1.80. The van der Waals surface area contributed by atoms with Crippen LogP contribution >= 0.6 is 0 Å². The summed E-state index contributed by atoms with van der Waals surface area (Å²) < 4.78 is 16.5. The van der Waals surface area contributed by atoms with E-state index in [1.54, 1.807) is 4.90 Å². The Morgan fingerprint density at radius 1 is 1.14 bits per heavy atom. The number of carbonyl (C=O) groups excluding carboxylic acids is 1. The maximum atomic E-state index is 14.7. The Kier molecular flexibility index (Phi) is 5.33. The highest BCUT2D eigenvalue weighted by Crippen LogP contribution is 2.39. The van der Waals surface area contributed by atoms with E-state index in [-0.39, 0.29) is 24.9 Å². The maximum Gasteiger partial charge on any atom is 0.243 e. The summed E-state index contributed by atoms with van der Waals surface area (Å²) in [6, 6.07) is 5.94. The van der Waals surface area contributed by atoms with Crippen molar-refractivity contribution < 1.29 is 9.18 Å². The number of rotatable bonds is 7. The molecule has 0 bridgehead atoms. The second-order valence-corrected chi connectivity index (χ2v) is 10.8. The minimum absolute atomic E-state index is 0.0987. The van der Waals surface area contributed by atoms with E-state index in [2.05, 4.69) is 30.7 Å². The first-order valence-electron chi connectivity index (χ1n) is 13.2. The second-order valence-electron chi connectivity index (χ2n) is 10.8. The molecule has 190 valence electrons. The topological polar surface area (TPSA) is 106 Å². The fourth-order valence-electron chi connectivity index (χ4n) is 5.70. The van der Waals surface area contributed by atoms with E-state index in [1.165, 1.54) is 25.7 Å². The van der Waals surface area contributed by atoms with E-state index in [4.69, 9.17) is 4.98 Å². The molecule has 2 saturated heterocycles. The van der Waals surface area contributed by atoms with Crippen LogP contribution in [0.1, 0.15) is 56.6 Å². The average molecular weight is 494 g/mol. The smallest absolute Gasteiger partial charge is 0.243 e. The Morgan fingerprint density at radius 2 is 2.03 bits per heavy atom. The van der Waals surface area contributed by atoms with Crippen LogP contribution in [0.2, 0.25) is 0 Å². The Bertz CT molecular complexity index is 1270. The summed E-state index contributed by atoms with van der Waals surface area (Å²) in [7, 11) is 0. The molecule has 2 saturated carbocycles. The van der Waals surface area contributed by atoms with Crippen molar-refractivity contribution in [3.63, 3.8) is 0 Å². The minimum Gasteiger partial charge on any atom is -0.350 e. The Hall–Kier alpha value is -3.21. The number of carbonyl (C=O) groups is 1. The third-order valence-corrected chi connectivity index (χ3v) is 7.90. The average Bonchev–Trinajstić information content (AvgIpc) is 3.77. The molecule has 1 amide bonds. The number of hydrogen-bond donors (Lipinski definition) is 3. The molecule has 0 aromatic carbocycles. The molecule has 11 heteroatoms. The van der Waals surface area contributed by atoms with Gasteiger partial charge in [-0.25, -0.2) is 4.39 Å². The monoisotopic (exact) mass is 493 g/mol. The molecule has 0 unspecified atom stereocenters. The Labute approximate surface area is 208 Å². The lowest BCUT2D eigenvalue weighted by atomic mass is 10.0. The Morgan fingerprint density at radius 3 is 2.86 bits per heavy atom. The van der Waals surface area contributed by atoms with E-state index >= 15 is 0 Å². The summed E-state index contributed by atoms with van der Waals surface area (Å²) in [5, 5.41) is 14.0. The number of likely N-dealkylation sites (tertiary alicyclic amines) is 1. The van der Waals surface area contributed by atoms with Crippen molar-refractivity contribution in [2.75, 3.05) is 29.9 Å². The fraction of sp³-hybridized carbons (Fsp3) is 0.600.